The van der Waals surface area contributed by atoms with Crippen LogP contribution in [0.5, 0.6) is 0 Å². The number of hydrogen-bond donors (Lipinski definition) is 1. The molecule has 3 nitrogen and oxygen atoms in total. The molecule has 1 N–H and O–H groups in total. The Labute approximate surface area is 111 Å². The van der Waals surface area contributed by atoms with Crippen molar-refractivity contribution in [3.05, 3.63) is 35.4 Å². The van der Waals surface area contributed by atoms with Crippen molar-refractivity contribution in [3.8, 4) is 0 Å². The van der Waals surface area contributed by atoms with E-state index in [1.807, 2.05) is 19.1 Å². The van der Waals surface area contributed by atoms with Gasteiger partial charge in [0.25, 0.3) is 0 Å². The molecule has 0 saturated carbocycles. The van der Waals surface area contributed by atoms with Crippen molar-refractivity contribution in [2.75, 3.05) is 6.26 Å². The summed E-state index contributed by atoms with van der Waals surface area (Å²) in [6.45, 7) is 3.58. The van der Waals surface area contributed by atoms with Gasteiger partial charge in [0.2, 0.25) is 0 Å². The van der Waals surface area contributed by atoms with Crippen molar-refractivity contribution in [3.63, 3.8) is 0 Å². The molecule has 96 valence electrons. The number of rotatable bonds is 4. The fourth-order valence-corrected chi connectivity index (χ4v) is 3.09. The lowest BCUT2D eigenvalue weighted by molar-refractivity contribution is 0.159. The molecule has 1 aromatic rings. The third kappa shape index (κ3) is 2.72. The van der Waals surface area contributed by atoms with E-state index in [1.54, 1.807) is 19.1 Å². The van der Waals surface area contributed by atoms with Gasteiger partial charge < -0.3 is 5.11 Å². The molecule has 0 heterocycles. The predicted molar refractivity (Wildman–Crippen MR) is 72.9 cm³/mol. The highest BCUT2D eigenvalue weighted by Crippen LogP contribution is 2.41. The second kappa shape index (κ2) is 5.08. The molecule has 17 heavy (non-hydrogen) atoms. The van der Waals surface area contributed by atoms with Crippen molar-refractivity contribution in [1.29, 1.82) is 0 Å². The summed E-state index contributed by atoms with van der Waals surface area (Å²) in [5.74, 6) is 0. The van der Waals surface area contributed by atoms with Crippen molar-refractivity contribution < 1.29 is 13.5 Å². The summed E-state index contributed by atoms with van der Waals surface area (Å²) in [6, 6.07) is 7.24. The molecule has 2 unspecified atom stereocenters. The highest BCUT2D eigenvalue weighted by molar-refractivity contribution is 9.11. The summed E-state index contributed by atoms with van der Waals surface area (Å²) < 4.78 is 22.3. The van der Waals surface area contributed by atoms with Crippen molar-refractivity contribution in [2.45, 2.75) is 30.0 Å². The standard InChI is InChI=1S/C12H17BrO3S/c1-4-12(13,17(3,15)16)11(14)10-8-6-5-7-9(10)2/h5-8,11,14H,4H2,1-3H3. The average Bonchev–Trinajstić information content (AvgIpc) is 2.26. The number of sulfone groups is 1. The van der Waals surface area contributed by atoms with Crippen LogP contribution in [0.2, 0.25) is 0 Å². The van der Waals surface area contributed by atoms with Crippen LogP contribution >= 0.6 is 15.9 Å². The smallest absolute Gasteiger partial charge is 0.166 e. The molecular formula is C12H17BrO3S. The summed E-state index contributed by atoms with van der Waals surface area (Å²) >= 11 is 3.20. The number of alkyl halides is 1. The van der Waals surface area contributed by atoms with Gasteiger partial charge in [0, 0.05) is 6.26 Å². The Balaban J connectivity index is 3.29. The minimum atomic E-state index is -3.41. The Morgan fingerprint density at radius 3 is 2.35 bits per heavy atom. The van der Waals surface area contributed by atoms with E-state index in [0.717, 1.165) is 11.8 Å². The third-order valence-electron chi connectivity index (χ3n) is 2.99. The van der Waals surface area contributed by atoms with Gasteiger partial charge in [-0.1, -0.05) is 47.1 Å². The molecule has 1 rings (SSSR count). The Morgan fingerprint density at radius 1 is 1.41 bits per heavy atom. The number of aryl methyl sites for hydroxylation is 1. The zero-order valence-corrected chi connectivity index (χ0v) is 12.5. The van der Waals surface area contributed by atoms with Gasteiger partial charge in [-0.15, -0.1) is 0 Å². The molecule has 0 fully saturated rings. The first-order valence-electron chi connectivity index (χ1n) is 5.36. The molecule has 0 saturated heterocycles. The van der Waals surface area contributed by atoms with Crippen LogP contribution < -0.4 is 0 Å². The van der Waals surface area contributed by atoms with Crippen LogP contribution in [-0.2, 0) is 9.84 Å². The number of benzene rings is 1. The van der Waals surface area contributed by atoms with E-state index >= 15 is 0 Å². The fraction of sp³-hybridized carbons (Fsp3) is 0.500. The molecule has 0 aromatic heterocycles. The summed E-state index contributed by atoms with van der Waals surface area (Å²) in [7, 11) is -3.41. The summed E-state index contributed by atoms with van der Waals surface area (Å²) in [6.07, 6.45) is 0.345. The van der Waals surface area contributed by atoms with Gasteiger partial charge in [-0.05, 0) is 24.5 Å². The van der Waals surface area contributed by atoms with Gasteiger partial charge in [-0.2, -0.15) is 0 Å². The number of halogens is 1. The van der Waals surface area contributed by atoms with Crippen LogP contribution in [0.1, 0.15) is 30.6 Å². The molecule has 2 atom stereocenters. The Kier molecular flexibility index (Phi) is 4.38. The average molecular weight is 321 g/mol. The second-order valence-corrected chi connectivity index (χ2v) is 8.38. The van der Waals surface area contributed by atoms with Gasteiger partial charge in [0.15, 0.2) is 13.5 Å². The van der Waals surface area contributed by atoms with E-state index in [9.17, 15) is 13.5 Å². The Hall–Kier alpha value is -0.390. The highest BCUT2D eigenvalue weighted by atomic mass is 79.9. The highest BCUT2D eigenvalue weighted by Gasteiger charge is 2.44. The third-order valence-corrected chi connectivity index (χ3v) is 7.49. The first kappa shape index (κ1) is 14.7. The van der Waals surface area contributed by atoms with Crippen LogP contribution in [0.15, 0.2) is 24.3 Å². The molecule has 0 spiro atoms. The fourth-order valence-electron chi connectivity index (χ4n) is 1.78. The maximum absolute atomic E-state index is 11.8. The Bertz CT molecular complexity index is 498. The van der Waals surface area contributed by atoms with Crippen molar-refractivity contribution in [2.24, 2.45) is 0 Å². The molecule has 5 heteroatoms. The summed E-state index contributed by atoms with van der Waals surface area (Å²) in [4.78, 5) is 0. The summed E-state index contributed by atoms with van der Waals surface area (Å²) in [5.41, 5.74) is 1.51. The molecule has 0 radical (unpaired) electrons. The monoisotopic (exact) mass is 320 g/mol. The van der Waals surface area contributed by atoms with E-state index in [0.29, 0.717) is 12.0 Å². The topological polar surface area (TPSA) is 54.4 Å². The molecule has 0 aliphatic rings. The van der Waals surface area contributed by atoms with Crippen molar-refractivity contribution in [1.82, 2.24) is 0 Å². The SMILES string of the molecule is CCC(Br)(C(O)c1ccccc1C)S(C)(=O)=O. The van der Waals surface area contributed by atoms with E-state index < -0.39 is 19.6 Å². The van der Waals surface area contributed by atoms with Crippen LogP contribution in [0.25, 0.3) is 0 Å². The van der Waals surface area contributed by atoms with E-state index in [1.165, 1.54) is 0 Å². The van der Waals surface area contributed by atoms with Gasteiger partial charge in [-0.3, -0.25) is 0 Å². The maximum atomic E-state index is 11.8. The number of aliphatic hydroxyl groups is 1. The Morgan fingerprint density at radius 2 is 1.94 bits per heavy atom. The first-order valence-corrected chi connectivity index (χ1v) is 8.04. The minimum absolute atomic E-state index is 0.293. The molecule has 1 aromatic carbocycles. The summed E-state index contributed by atoms with van der Waals surface area (Å²) in [5, 5.41) is 10.3. The first-order chi connectivity index (χ1) is 7.74. The minimum Gasteiger partial charge on any atom is -0.386 e. The largest absolute Gasteiger partial charge is 0.386 e. The molecular weight excluding hydrogens is 304 g/mol. The zero-order chi connectivity index (χ0) is 13.3. The molecule has 0 aliphatic heterocycles. The second-order valence-electron chi connectivity index (χ2n) is 4.17. The van der Waals surface area contributed by atoms with E-state index in [4.69, 9.17) is 0 Å². The van der Waals surface area contributed by atoms with Crippen LogP contribution in [0, 0.1) is 6.92 Å². The van der Waals surface area contributed by atoms with Crippen LogP contribution in [0.4, 0.5) is 0 Å². The predicted octanol–water partition coefficient (Wildman–Crippen LogP) is 2.57. The van der Waals surface area contributed by atoms with Crippen molar-refractivity contribution >= 4 is 25.8 Å². The lowest BCUT2D eigenvalue weighted by atomic mass is 10.00. The van der Waals surface area contributed by atoms with Gasteiger partial charge in [-0.25, -0.2) is 8.42 Å². The quantitative estimate of drug-likeness (QED) is 0.867. The van der Waals surface area contributed by atoms with E-state index in [-0.39, 0.29) is 0 Å². The normalized spacial score (nSPS) is 17.5. The van der Waals surface area contributed by atoms with E-state index in [2.05, 4.69) is 15.9 Å². The van der Waals surface area contributed by atoms with Gasteiger partial charge in [0.1, 0.15) is 6.10 Å². The molecule has 0 bridgehead atoms. The molecule has 0 aliphatic carbocycles. The zero-order valence-electron chi connectivity index (χ0n) is 10.1. The lowest BCUT2D eigenvalue weighted by Gasteiger charge is -2.30. The maximum Gasteiger partial charge on any atom is 0.166 e. The number of hydrogen-bond acceptors (Lipinski definition) is 3. The van der Waals surface area contributed by atoms with Crippen LogP contribution in [-0.4, -0.2) is 23.4 Å². The number of aliphatic hydroxyl groups excluding tert-OH is 1. The van der Waals surface area contributed by atoms with Crippen LogP contribution in [0.3, 0.4) is 0 Å². The van der Waals surface area contributed by atoms with Gasteiger partial charge in [0.05, 0.1) is 0 Å². The molecule has 0 amide bonds. The lowest BCUT2D eigenvalue weighted by Crippen LogP contribution is -2.37. The van der Waals surface area contributed by atoms with Gasteiger partial charge >= 0.3 is 0 Å².